The van der Waals surface area contributed by atoms with Gasteiger partial charge in [0.1, 0.15) is 18.7 Å². The predicted molar refractivity (Wildman–Crippen MR) is 88.1 cm³/mol. The molecule has 1 aliphatic heterocycles. The zero-order valence-corrected chi connectivity index (χ0v) is 14.4. The van der Waals surface area contributed by atoms with Crippen molar-refractivity contribution in [2.24, 2.45) is 0 Å². The van der Waals surface area contributed by atoms with Crippen LogP contribution in [0.4, 0.5) is 15.4 Å². The molecule has 1 aliphatic carbocycles. The number of carbonyl (C=O) groups is 2. The van der Waals surface area contributed by atoms with E-state index in [-0.39, 0.29) is 31.4 Å². The monoisotopic (exact) mass is 387 g/mol. The molecule has 2 heterocycles. The maximum atomic E-state index is 11.8. The number of nitrogen functional groups attached to an aromatic ring is 1. The number of hydrogen-bond donors (Lipinski definition) is 3. The number of carboxylic acid groups (broad SMARTS) is 2. The number of nitrogens with two attached hydrogens (primary N) is 1. The molecule has 0 amide bonds. The van der Waals surface area contributed by atoms with Gasteiger partial charge >= 0.3 is 18.0 Å². The molecule has 1 saturated heterocycles. The van der Waals surface area contributed by atoms with Crippen molar-refractivity contribution >= 4 is 18.1 Å². The molecule has 27 heavy (non-hydrogen) atoms. The minimum atomic E-state index is -1.83. The Hall–Kier alpha value is -2.86. The van der Waals surface area contributed by atoms with Gasteiger partial charge in [0.05, 0.1) is 12.2 Å². The molecule has 2 unspecified atom stereocenters. The van der Waals surface area contributed by atoms with Crippen LogP contribution < -0.4 is 11.4 Å². The van der Waals surface area contributed by atoms with Gasteiger partial charge in [0.15, 0.2) is 6.79 Å². The van der Waals surface area contributed by atoms with Gasteiger partial charge in [0.2, 0.25) is 0 Å². The first-order valence-electron chi connectivity index (χ1n) is 8.18. The van der Waals surface area contributed by atoms with Crippen LogP contribution in [0.15, 0.2) is 17.1 Å². The molecule has 1 aromatic rings. The molecule has 0 spiro atoms. The molecule has 12 heteroatoms. The smallest absolute Gasteiger partial charge is 0.450 e. The van der Waals surface area contributed by atoms with E-state index in [1.807, 2.05) is 0 Å². The highest BCUT2D eigenvalue weighted by Crippen LogP contribution is 2.27. The van der Waals surface area contributed by atoms with E-state index in [1.165, 1.54) is 10.6 Å². The fourth-order valence-corrected chi connectivity index (χ4v) is 2.27. The minimum Gasteiger partial charge on any atom is -0.450 e. The number of anilines is 1. The average molecular weight is 387 g/mol. The molecule has 150 valence electrons. The predicted octanol–water partition coefficient (Wildman–Crippen LogP) is 1.02. The number of carbonyl (C=O) groups excluding carboxylic acids is 1. The second-order valence-corrected chi connectivity index (χ2v) is 5.80. The minimum absolute atomic E-state index is 0.0654. The first-order chi connectivity index (χ1) is 12.8. The molecule has 1 aromatic heterocycles. The molecule has 12 nitrogen and oxygen atoms in total. The summed E-state index contributed by atoms with van der Waals surface area (Å²) in [6.07, 6.45) is 1.72. The molecule has 0 radical (unpaired) electrons. The van der Waals surface area contributed by atoms with Crippen molar-refractivity contribution in [3.05, 3.63) is 22.7 Å². The number of nitrogens with zero attached hydrogens (tertiary/aromatic N) is 2. The summed E-state index contributed by atoms with van der Waals surface area (Å²) in [5.41, 5.74) is 4.99. The topological polar surface area (TPSA) is 172 Å². The molecule has 0 aromatic carbocycles. The Balaban J connectivity index is 0.000000596. The number of rotatable bonds is 6. The van der Waals surface area contributed by atoms with Gasteiger partial charge in [0.25, 0.3) is 0 Å². The lowest BCUT2D eigenvalue weighted by Crippen LogP contribution is -2.28. The molecular formula is C15H21N3O9. The van der Waals surface area contributed by atoms with E-state index in [4.69, 9.17) is 39.7 Å². The van der Waals surface area contributed by atoms with Crippen molar-refractivity contribution in [3.8, 4) is 0 Å². The highest BCUT2D eigenvalue weighted by Gasteiger charge is 2.28. The van der Waals surface area contributed by atoms with Crippen molar-refractivity contribution < 1.29 is 38.7 Å². The molecule has 2 atom stereocenters. The summed E-state index contributed by atoms with van der Waals surface area (Å²) in [6.45, 7) is -0.0277. The second-order valence-electron chi connectivity index (χ2n) is 5.80. The van der Waals surface area contributed by atoms with Crippen molar-refractivity contribution in [2.45, 2.75) is 44.1 Å². The fourth-order valence-electron chi connectivity index (χ4n) is 2.27. The van der Waals surface area contributed by atoms with Gasteiger partial charge in [0, 0.05) is 6.20 Å². The SMILES string of the molecule is Nc1ccn(C2CCC(COC(=O)OCOC3CC3)O2)c(=O)n1.O=C(O)O. The lowest BCUT2D eigenvalue weighted by molar-refractivity contribution is -0.0705. The summed E-state index contributed by atoms with van der Waals surface area (Å²) in [6, 6.07) is 1.53. The lowest BCUT2D eigenvalue weighted by Gasteiger charge is -2.15. The van der Waals surface area contributed by atoms with Crippen LogP contribution in [0.2, 0.25) is 0 Å². The second kappa shape index (κ2) is 9.73. The molecule has 4 N–H and O–H groups in total. The van der Waals surface area contributed by atoms with E-state index in [0.29, 0.717) is 12.8 Å². The quantitative estimate of drug-likeness (QED) is 0.469. The van der Waals surface area contributed by atoms with Crippen LogP contribution in [0.5, 0.6) is 0 Å². The Labute approximate surface area is 153 Å². The summed E-state index contributed by atoms with van der Waals surface area (Å²) in [7, 11) is 0. The molecule has 0 bridgehead atoms. The van der Waals surface area contributed by atoms with Crippen molar-refractivity contribution in [2.75, 3.05) is 19.1 Å². The van der Waals surface area contributed by atoms with Crippen molar-refractivity contribution in [1.29, 1.82) is 0 Å². The molecule has 2 fully saturated rings. The highest BCUT2D eigenvalue weighted by molar-refractivity contribution is 5.59. The molecule has 2 aliphatic rings. The first-order valence-corrected chi connectivity index (χ1v) is 8.18. The zero-order chi connectivity index (χ0) is 19.8. The van der Waals surface area contributed by atoms with E-state index in [1.54, 1.807) is 6.20 Å². The van der Waals surface area contributed by atoms with Gasteiger partial charge in [-0.2, -0.15) is 4.98 Å². The highest BCUT2D eigenvalue weighted by atomic mass is 16.8. The van der Waals surface area contributed by atoms with Gasteiger partial charge in [-0.25, -0.2) is 14.4 Å². The van der Waals surface area contributed by atoms with Gasteiger partial charge in [-0.15, -0.1) is 0 Å². The van der Waals surface area contributed by atoms with Crippen LogP contribution in [0, 0.1) is 0 Å². The molecule has 1 saturated carbocycles. The maximum Gasteiger partial charge on any atom is 0.510 e. The van der Waals surface area contributed by atoms with Crippen molar-refractivity contribution in [1.82, 2.24) is 9.55 Å². The molecular weight excluding hydrogens is 366 g/mol. The normalized spacial score (nSPS) is 21.0. The summed E-state index contributed by atoms with van der Waals surface area (Å²) in [5.74, 6) is 0.167. The largest absolute Gasteiger partial charge is 0.510 e. The standard InChI is InChI=1S/C14H19N3O6.CH2O3/c15-11-5-6-17(13(18)16-11)12-4-3-10(23-12)7-20-14(19)22-8-21-9-1-2-9;2-1(3)4/h5-6,9-10,12H,1-4,7-8H2,(H2,15,16,18);(H2,2,3,4). The summed E-state index contributed by atoms with van der Waals surface area (Å²) in [4.78, 5) is 35.3. The van der Waals surface area contributed by atoms with E-state index >= 15 is 0 Å². The van der Waals surface area contributed by atoms with Crippen LogP contribution in [0.25, 0.3) is 0 Å². The Morgan fingerprint density at radius 2 is 1.96 bits per heavy atom. The zero-order valence-electron chi connectivity index (χ0n) is 14.4. The third kappa shape index (κ3) is 7.50. The third-order valence-electron chi connectivity index (χ3n) is 3.64. The van der Waals surface area contributed by atoms with Crippen LogP contribution in [0.1, 0.15) is 31.9 Å². The Bertz CT molecular complexity index is 700. The number of aromatic nitrogens is 2. The van der Waals surface area contributed by atoms with Gasteiger partial charge in [-0.1, -0.05) is 0 Å². The van der Waals surface area contributed by atoms with Crippen molar-refractivity contribution in [3.63, 3.8) is 0 Å². The molecule has 3 rings (SSSR count). The average Bonchev–Trinajstić information content (AvgIpc) is 3.28. The van der Waals surface area contributed by atoms with Crippen LogP contribution in [0.3, 0.4) is 0 Å². The van der Waals surface area contributed by atoms with Gasteiger partial charge in [-0.05, 0) is 31.7 Å². The Morgan fingerprint density at radius 1 is 1.26 bits per heavy atom. The van der Waals surface area contributed by atoms with E-state index in [2.05, 4.69) is 4.98 Å². The number of ether oxygens (including phenoxy) is 4. The van der Waals surface area contributed by atoms with Crippen LogP contribution in [-0.2, 0) is 18.9 Å². The fraction of sp³-hybridized carbons (Fsp3) is 0.600. The Morgan fingerprint density at radius 3 is 2.59 bits per heavy atom. The Kier molecular flexibility index (Phi) is 7.37. The van der Waals surface area contributed by atoms with Crippen LogP contribution in [-0.4, -0.2) is 57.7 Å². The summed E-state index contributed by atoms with van der Waals surface area (Å²) in [5, 5.41) is 13.9. The first kappa shape index (κ1) is 20.5. The third-order valence-corrected chi connectivity index (χ3v) is 3.64. The van der Waals surface area contributed by atoms with E-state index in [0.717, 1.165) is 12.8 Å². The van der Waals surface area contributed by atoms with E-state index < -0.39 is 24.2 Å². The summed E-state index contributed by atoms with van der Waals surface area (Å²) < 4.78 is 22.0. The van der Waals surface area contributed by atoms with Gasteiger partial charge in [-0.3, -0.25) is 4.57 Å². The summed E-state index contributed by atoms with van der Waals surface area (Å²) >= 11 is 0. The van der Waals surface area contributed by atoms with Crippen LogP contribution >= 0.6 is 0 Å². The van der Waals surface area contributed by atoms with Gasteiger partial charge < -0.3 is 34.9 Å². The van der Waals surface area contributed by atoms with E-state index in [9.17, 15) is 9.59 Å². The maximum absolute atomic E-state index is 11.8. The lowest BCUT2D eigenvalue weighted by atomic mass is 10.2. The number of hydrogen-bond acceptors (Lipinski definition) is 9.